The molecule has 0 aliphatic carbocycles. The molecule has 1 fully saturated rings. The van der Waals surface area contributed by atoms with Gasteiger partial charge in [-0.2, -0.15) is 0 Å². The third-order valence-electron chi connectivity index (χ3n) is 4.43. The molecule has 0 bridgehead atoms. The Labute approximate surface area is 161 Å². The number of carbonyl (C=O) groups excluding carboxylic acids is 1. The molecule has 0 amide bonds. The van der Waals surface area contributed by atoms with E-state index >= 15 is 0 Å². The van der Waals surface area contributed by atoms with Crippen molar-refractivity contribution in [2.75, 3.05) is 33.2 Å². The van der Waals surface area contributed by atoms with Crippen LogP contribution in [0.4, 0.5) is 5.69 Å². The average molecular weight is 384 g/mol. The minimum absolute atomic E-state index is 0.109. The number of nitrogens with zero attached hydrogens (tertiary/aromatic N) is 4. The molecule has 9 nitrogen and oxygen atoms in total. The molecule has 1 aromatic carbocycles. The number of nitro benzene ring substituents is 1. The van der Waals surface area contributed by atoms with E-state index in [0.717, 1.165) is 13.1 Å². The van der Waals surface area contributed by atoms with Gasteiger partial charge in [0.05, 0.1) is 16.7 Å². The highest BCUT2D eigenvalue weighted by Crippen LogP contribution is 2.17. The van der Waals surface area contributed by atoms with Crippen molar-refractivity contribution in [3.8, 4) is 0 Å². The molecule has 1 aliphatic heterocycles. The van der Waals surface area contributed by atoms with E-state index in [1.54, 1.807) is 18.3 Å². The fourth-order valence-corrected chi connectivity index (χ4v) is 2.74. The summed E-state index contributed by atoms with van der Waals surface area (Å²) < 4.78 is 6.91. The van der Waals surface area contributed by atoms with Crippen LogP contribution in [-0.2, 0) is 4.74 Å². The Balaban J connectivity index is 1.86. The standard InChI is InChI=1S/C19H20N4O5/c1-20-10-12-21(13-11-20)18(14-22-9-3-2-4-17(22)24)28-19(25)15-5-7-16(8-6-15)23(26)27/h2-9,14H,10-13H2,1H3/b18-14-. The number of nitro groups is 1. The van der Waals surface area contributed by atoms with Gasteiger partial charge in [0.1, 0.15) is 0 Å². The number of rotatable bonds is 5. The molecular formula is C19H20N4O5. The zero-order valence-electron chi connectivity index (χ0n) is 15.4. The molecule has 0 spiro atoms. The Morgan fingerprint density at radius 2 is 1.79 bits per heavy atom. The third kappa shape index (κ3) is 4.63. The van der Waals surface area contributed by atoms with Gasteiger partial charge in [-0.1, -0.05) is 6.07 Å². The number of non-ortho nitro benzene ring substituents is 1. The molecule has 1 saturated heterocycles. The minimum atomic E-state index is -0.649. The number of benzene rings is 1. The topological polar surface area (TPSA) is 97.9 Å². The first-order valence-electron chi connectivity index (χ1n) is 8.73. The molecule has 0 N–H and O–H groups in total. The van der Waals surface area contributed by atoms with Crippen molar-refractivity contribution in [3.05, 3.63) is 80.6 Å². The number of pyridine rings is 1. The summed E-state index contributed by atoms with van der Waals surface area (Å²) in [5.74, 6) is -0.395. The summed E-state index contributed by atoms with van der Waals surface area (Å²) in [6.45, 7) is 2.85. The van der Waals surface area contributed by atoms with Gasteiger partial charge in [-0.3, -0.25) is 19.5 Å². The van der Waals surface area contributed by atoms with Crippen molar-refractivity contribution < 1.29 is 14.5 Å². The van der Waals surface area contributed by atoms with Crippen LogP contribution in [-0.4, -0.2) is 58.5 Å². The molecule has 9 heteroatoms. The van der Waals surface area contributed by atoms with Crippen LogP contribution in [0.3, 0.4) is 0 Å². The van der Waals surface area contributed by atoms with Gasteiger partial charge >= 0.3 is 5.97 Å². The van der Waals surface area contributed by atoms with Crippen LogP contribution in [0.2, 0.25) is 0 Å². The highest BCUT2D eigenvalue weighted by molar-refractivity contribution is 5.90. The lowest BCUT2D eigenvalue weighted by Crippen LogP contribution is -2.44. The maximum Gasteiger partial charge on any atom is 0.344 e. The predicted octanol–water partition coefficient (Wildman–Crippen LogP) is 1.62. The van der Waals surface area contributed by atoms with Crippen LogP contribution in [0, 0.1) is 10.1 Å². The summed E-state index contributed by atoms with van der Waals surface area (Å²) in [4.78, 5) is 38.9. The molecule has 0 saturated carbocycles. The van der Waals surface area contributed by atoms with Crippen LogP contribution in [0.15, 0.2) is 59.3 Å². The number of likely N-dealkylation sites (N-methyl/N-ethyl adjacent to an activating group) is 1. The van der Waals surface area contributed by atoms with Crippen LogP contribution in [0.5, 0.6) is 0 Å². The van der Waals surface area contributed by atoms with Crippen LogP contribution in [0.1, 0.15) is 10.4 Å². The molecular weight excluding hydrogens is 364 g/mol. The van der Waals surface area contributed by atoms with E-state index in [4.69, 9.17) is 4.74 Å². The SMILES string of the molecule is CN1CCN(/C(=C/n2ccccc2=O)OC(=O)c2ccc([N+](=O)[O-])cc2)CC1. The van der Waals surface area contributed by atoms with Crippen LogP contribution < -0.4 is 5.56 Å². The lowest BCUT2D eigenvalue weighted by Gasteiger charge is -2.34. The molecule has 1 aliphatic rings. The van der Waals surface area contributed by atoms with Crippen molar-refractivity contribution in [2.45, 2.75) is 0 Å². The second kappa shape index (κ2) is 8.49. The summed E-state index contributed by atoms with van der Waals surface area (Å²) >= 11 is 0. The number of piperazine rings is 1. The summed E-state index contributed by atoms with van der Waals surface area (Å²) in [6, 6.07) is 9.93. The Morgan fingerprint density at radius 1 is 1.11 bits per heavy atom. The van der Waals surface area contributed by atoms with E-state index in [2.05, 4.69) is 4.90 Å². The second-order valence-electron chi connectivity index (χ2n) is 6.40. The Kier molecular flexibility index (Phi) is 5.85. The largest absolute Gasteiger partial charge is 0.404 e. The van der Waals surface area contributed by atoms with Gasteiger partial charge in [0.2, 0.25) is 5.88 Å². The molecule has 28 heavy (non-hydrogen) atoms. The van der Waals surface area contributed by atoms with Crippen LogP contribution in [0.25, 0.3) is 6.20 Å². The van der Waals surface area contributed by atoms with Crippen molar-refractivity contribution in [2.24, 2.45) is 0 Å². The van der Waals surface area contributed by atoms with Gasteiger partial charge in [0.25, 0.3) is 11.2 Å². The van der Waals surface area contributed by atoms with Crippen molar-refractivity contribution >= 4 is 17.9 Å². The molecule has 2 aromatic rings. The van der Waals surface area contributed by atoms with E-state index < -0.39 is 10.9 Å². The normalized spacial score (nSPS) is 15.3. The molecule has 146 valence electrons. The highest BCUT2D eigenvalue weighted by Gasteiger charge is 2.21. The van der Waals surface area contributed by atoms with Gasteiger partial charge in [0.15, 0.2) is 0 Å². The number of esters is 1. The van der Waals surface area contributed by atoms with Gasteiger partial charge in [-0.15, -0.1) is 0 Å². The molecule has 2 heterocycles. The summed E-state index contributed by atoms with van der Waals surface area (Å²) in [5.41, 5.74) is -0.172. The molecule has 3 rings (SSSR count). The van der Waals surface area contributed by atoms with E-state index in [1.807, 2.05) is 11.9 Å². The first-order valence-corrected chi connectivity index (χ1v) is 8.73. The molecule has 0 atom stereocenters. The van der Waals surface area contributed by atoms with E-state index in [1.165, 1.54) is 41.1 Å². The maximum absolute atomic E-state index is 12.6. The first kappa shape index (κ1) is 19.3. The van der Waals surface area contributed by atoms with Crippen molar-refractivity contribution in [1.82, 2.24) is 14.4 Å². The lowest BCUT2D eigenvalue weighted by molar-refractivity contribution is -0.384. The molecule has 0 radical (unpaired) electrons. The molecule has 0 unspecified atom stereocenters. The quantitative estimate of drug-likeness (QED) is 0.334. The fourth-order valence-electron chi connectivity index (χ4n) is 2.74. The smallest absolute Gasteiger partial charge is 0.344 e. The minimum Gasteiger partial charge on any atom is -0.404 e. The van der Waals surface area contributed by atoms with E-state index in [-0.39, 0.29) is 22.7 Å². The fraction of sp³-hybridized carbons (Fsp3) is 0.263. The zero-order valence-corrected chi connectivity index (χ0v) is 15.4. The van der Waals surface area contributed by atoms with E-state index in [0.29, 0.717) is 13.1 Å². The first-order chi connectivity index (χ1) is 13.4. The number of carbonyl (C=O) groups is 1. The summed E-state index contributed by atoms with van der Waals surface area (Å²) in [5, 5.41) is 10.8. The zero-order chi connectivity index (χ0) is 20.1. The maximum atomic E-state index is 12.6. The van der Waals surface area contributed by atoms with E-state index in [9.17, 15) is 19.7 Å². The van der Waals surface area contributed by atoms with Crippen molar-refractivity contribution in [1.29, 1.82) is 0 Å². The predicted molar refractivity (Wildman–Crippen MR) is 103 cm³/mol. The average Bonchev–Trinajstić information content (AvgIpc) is 2.69. The number of ether oxygens (including phenoxy) is 1. The van der Waals surface area contributed by atoms with Crippen molar-refractivity contribution in [3.63, 3.8) is 0 Å². The number of aromatic nitrogens is 1. The van der Waals surface area contributed by atoms with Gasteiger partial charge < -0.3 is 14.5 Å². The van der Waals surface area contributed by atoms with Gasteiger partial charge in [-0.05, 0) is 25.2 Å². The summed E-state index contributed by atoms with van der Waals surface area (Å²) in [6.07, 6.45) is 3.06. The highest BCUT2D eigenvalue weighted by atomic mass is 16.6. The Bertz CT molecular complexity index is 943. The Morgan fingerprint density at radius 3 is 2.39 bits per heavy atom. The van der Waals surface area contributed by atoms with Gasteiger partial charge in [-0.25, -0.2) is 4.79 Å². The second-order valence-corrected chi connectivity index (χ2v) is 6.40. The monoisotopic (exact) mass is 384 g/mol. The number of hydrogen-bond acceptors (Lipinski definition) is 7. The van der Waals surface area contributed by atoms with Gasteiger partial charge in [0, 0.05) is 50.6 Å². The van der Waals surface area contributed by atoms with Crippen LogP contribution >= 0.6 is 0 Å². The summed E-state index contributed by atoms with van der Waals surface area (Å²) in [7, 11) is 2.01. The Hall–Kier alpha value is -3.46. The molecule has 1 aromatic heterocycles. The third-order valence-corrected chi connectivity index (χ3v) is 4.43. The lowest BCUT2D eigenvalue weighted by atomic mass is 10.2. The number of hydrogen-bond donors (Lipinski definition) is 0.